The van der Waals surface area contributed by atoms with Gasteiger partial charge in [-0.25, -0.2) is 0 Å². The van der Waals surface area contributed by atoms with Crippen molar-refractivity contribution in [1.29, 1.82) is 0 Å². The molecule has 0 saturated heterocycles. The average Bonchev–Trinajstić information content (AvgIpc) is 2.94. The van der Waals surface area contributed by atoms with Gasteiger partial charge in [0.15, 0.2) is 0 Å². The molecule has 2 rings (SSSR count). The first-order chi connectivity index (χ1) is 10.0. The van der Waals surface area contributed by atoms with Gasteiger partial charge in [-0.3, -0.25) is 4.90 Å². The third kappa shape index (κ3) is 3.61. The van der Waals surface area contributed by atoms with Gasteiger partial charge in [0.1, 0.15) is 0 Å². The van der Waals surface area contributed by atoms with Crippen molar-refractivity contribution >= 4 is 11.7 Å². The molecule has 114 valence electrons. The Balaban J connectivity index is 2.16. The third-order valence-corrected chi connectivity index (χ3v) is 3.50. The Kier molecular flexibility index (Phi) is 4.96. The van der Waals surface area contributed by atoms with Crippen LogP contribution in [-0.2, 0) is 0 Å². The normalized spacial score (nSPS) is 12.4. The maximum atomic E-state index is 5.79. The molecule has 1 unspecified atom stereocenters. The topological polar surface area (TPSA) is 54.2 Å². The van der Waals surface area contributed by atoms with E-state index in [1.165, 1.54) is 11.1 Å². The summed E-state index contributed by atoms with van der Waals surface area (Å²) in [5, 5.41) is 11.6. The second kappa shape index (κ2) is 6.72. The van der Waals surface area contributed by atoms with E-state index >= 15 is 0 Å². The predicted molar refractivity (Wildman–Crippen MR) is 85.0 cm³/mol. The molecular weight excluding hydrogens is 264 g/mol. The molecule has 1 aromatic carbocycles. The summed E-state index contributed by atoms with van der Waals surface area (Å²) in [5.74, 6) is 0.620. The van der Waals surface area contributed by atoms with Crippen LogP contribution in [0.4, 0.5) is 11.7 Å². The average molecular weight is 288 g/mol. The lowest BCUT2D eigenvalue weighted by Gasteiger charge is -2.17. The summed E-state index contributed by atoms with van der Waals surface area (Å²) >= 11 is 0. The summed E-state index contributed by atoms with van der Waals surface area (Å²) in [6, 6.07) is 6.89. The van der Waals surface area contributed by atoms with Crippen molar-refractivity contribution in [2.75, 3.05) is 18.5 Å². The van der Waals surface area contributed by atoms with Crippen LogP contribution in [0.1, 0.15) is 43.3 Å². The van der Waals surface area contributed by atoms with Gasteiger partial charge < -0.3 is 9.73 Å². The lowest BCUT2D eigenvalue weighted by Crippen LogP contribution is -2.19. The lowest BCUT2D eigenvalue weighted by molar-refractivity contribution is 0.420. The van der Waals surface area contributed by atoms with E-state index in [-0.39, 0.29) is 6.04 Å². The molecule has 5 heteroatoms. The number of hydrogen-bond acceptors (Lipinski definition) is 5. The molecule has 0 aliphatic carbocycles. The molecule has 5 nitrogen and oxygen atoms in total. The van der Waals surface area contributed by atoms with E-state index in [4.69, 9.17) is 4.42 Å². The molecule has 0 saturated carbocycles. The maximum absolute atomic E-state index is 5.79. The zero-order chi connectivity index (χ0) is 15.4. The summed E-state index contributed by atoms with van der Waals surface area (Å²) in [6.45, 7) is 9.27. The van der Waals surface area contributed by atoms with Crippen LogP contribution < -0.4 is 10.2 Å². The van der Waals surface area contributed by atoms with Crippen LogP contribution in [0.25, 0.3) is 0 Å². The number of nitrogens with one attached hydrogen (secondary N) is 1. The molecule has 0 aliphatic heterocycles. The Bertz CT molecular complexity index is 594. The van der Waals surface area contributed by atoms with E-state index in [2.05, 4.69) is 54.5 Å². The summed E-state index contributed by atoms with van der Waals surface area (Å²) in [7, 11) is 1.94. The van der Waals surface area contributed by atoms with Crippen LogP contribution in [0.5, 0.6) is 0 Å². The molecule has 21 heavy (non-hydrogen) atoms. The minimum atomic E-state index is 0.0683. The second-order valence-electron chi connectivity index (χ2n) is 5.45. The molecule has 1 N–H and O–H groups in total. The zero-order valence-corrected chi connectivity index (χ0v) is 13.5. The number of aromatic nitrogens is 2. The molecule has 0 radical (unpaired) electrons. The van der Waals surface area contributed by atoms with Gasteiger partial charge in [0.25, 0.3) is 0 Å². The summed E-state index contributed by atoms with van der Waals surface area (Å²) in [6.07, 6.45) is 1.08. The van der Waals surface area contributed by atoms with Gasteiger partial charge in [0, 0.05) is 12.7 Å². The standard InChI is InChI=1S/C16H24N4O/c1-6-9-17-13(4)15-18-19-16(21-15)20(5)14-8-7-11(2)10-12(14)3/h7-8,10,13,17H,6,9H2,1-5H3. The minimum absolute atomic E-state index is 0.0683. The second-order valence-corrected chi connectivity index (χ2v) is 5.45. The van der Waals surface area contributed by atoms with Gasteiger partial charge in [-0.15, -0.1) is 5.10 Å². The number of rotatable bonds is 6. The van der Waals surface area contributed by atoms with Crippen LogP contribution in [0, 0.1) is 13.8 Å². The van der Waals surface area contributed by atoms with Crippen LogP contribution >= 0.6 is 0 Å². The number of benzene rings is 1. The first kappa shape index (κ1) is 15.5. The Morgan fingerprint density at radius 1 is 1.29 bits per heavy atom. The van der Waals surface area contributed by atoms with Crippen LogP contribution in [0.15, 0.2) is 22.6 Å². The zero-order valence-electron chi connectivity index (χ0n) is 13.5. The summed E-state index contributed by atoms with van der Waals surface area (Å²) in [4.78, 5) is 1.93. The Morgan fingerprint density at radius 2 is 2.05 bits per heavy atom. The fourth-order valence-electron chi connectivity index (χ4n) is 2.27. The van der Waals surface area contributed by atoms with Crippen LogP contribution in [0.3, 0.4) is 0 Å². The van der Waals surface area contributed by atoms with Gasteiger partial charge >= 0.3 is 6.01 Å². The Hall–Kier alpha value is -1.88. The van der Waals surface area contributed by atoms with Crippen molar-refractivity contribution in [2.24, 2.45) is 0 Å². The first-order valence-corrected chi connectivity index (χ1v) is 7.40. The number of anilines is 2. The van der Waals surface area contributed by atoms with Crippen molar-refractivity contribution in [3.8, 4) is 0 Å². The van der Waals surface area contributed by atoms with E-state index in [0.717, 1.165) is 18.7 Å². The predicted octanol–water partition coefficient (Wildman–Crippen LogP) is 3.51. The number of hydrogen-bond donors (Lipinski definition) is 1. The third-order valence-electron chi connectivity index (χ3n) is 3.50. The minimum Gasteiger partial charge on any atom is -0.406 e. The van der Waals surface area contributed by atoms with Gasteiger partial charge in [-0.05, 0) is 45.4 Å². The molecule has 0 aliphatic rings. The van der Waals surface area contributed by atoms with E-state index < -0.39 is 0 Å². The molecule has 0 spiro atoms. The van der Waals surface area contributed by atoms with Crippen molar-refractivity contribution in [1.82, 2.24) is 15.5 Å². The highest BCUT2D eigenvalue weighted by atomic mass is 16.4. The highest BCUT2D eigenvalue weighted by molar-refractivity contribution is 5.60. The first-order valence-electron chi connectivity index (χ1n) is 7.40. The molecule has 1 atom stereocenters. The van der Waals surface area contributed by atoms with Crippen molar-refractivity contribution in [3.63, 3.8) is 0 Å². The smallest absolute Gasteiger partial charge is 0.322 e. The largest absolute Gasteiger partial charge is 0.406 e. The van der Waals surface area contributed by atoms with Crippen molar-refractivity contribution in [3.05, 3.63) is 35.2 Å². The highest BCUT2D eigenvalue weighted by Gasteiger charge is 2.17. The van der Waals surface area contributed by atoms with E-state index in [1.54, 1.807) is 0 Å². The quantitative estimate of drug-likeness (QED) is 0.881. The fraction of sp³-hybridized carbons (Fsp3) is 0.500. The molecule has 0 amide bonds. The van der Waals surface area contributed by atoms with E-state index in [9.17, 15) is 0 Å². The number of nitrogens with zero attached hydrogens (tertiary/aromatic N) is 3. The Labute approximate surface area is 126 Å². The molecule has 0 fully saturated rings. The van der Waals surface area contributed by atoms with Gasteiger partial charge in [0.05, 0.1) is 6.04 Å². The van der Waals surface area contributed by atoms with Crippen molar-refractivity contribution < 1.29 is 4.42 Å². The molecule has 0 bridgehead atoms. The lowest BCUT2D eigenvalue weighted by atomic mass is 10.1. The SMILES string of the molecule is CCCNC(C)c1nnc(N(C)c2ccc(C)cc2C)o1. The molecule has 1 heterocycles. The molecular formula is C16H24N4O. The van der Waals surface area contributed by atoms with Gasteiger partial charge in [-0.2, -0.15) is 0 Å². The number of aryl methyl sites for hydroxylation is 2. The van der Waals surface area contributed by atoms with Crippen LogP contribution in [-0.4, -0.2) is 23.8 Å². The monoisotopic (exact) mass is 288 g/mol. The highest BCUT2D eigenvalue weighted by Crippen LogP contribution is 2.27. The van der Waals surface area contributed by atoms with Crippen LogP contribution in [0.2, 0.25) is 0 Å². The maximum Gasteiger partial charge on any atom is 0.322 e. The van der Waals surface area contributed by atoms with E-state index in [0.29, 0.717) is 11.9 Å². The van der Waals surface area contributed by atoms with Crippen molar-refractivity contribution in [2.45, 2.75) is 40.2 Å². The summed E-state index contributed by atoms with van der Waals surface area (Å²) in [5.41, 5.74) is 3.51. The van der Waals surface area contributed by atoms with E-state index in [1.807, 2.05) is 18.9 Å². The fourth-order valence-corrected chi connectivity index (χ4v) is 2.27. The summed E-state index contributed by atoms with van der Waals surface area (Å²) < 4.78 is 5.79. The van der Waals surface area contributed by atoms with Gasteiger partial charge in [0.2, 0.25) is 5.89 Å². The molecule has 1 aromatic heterocycles. The molecule has 2 aromatic rings. The Morgan fingerprint density at radius 3 is 2.71 bits per heavy atom. The van der Waals surface area contributed by atoms with Gasteiger partial charge in [-0.1, -0.05) is 29.7 Å².